The number of amides is 1. The molecule has 2 aliphatic heterocycles. The van der Waals surface area contributed by atoms with E-state index >= 15 is 9.18 Å². The summed E-state index contributed by atoms with van der Waals surface area (Å²) in [6.45, 7) is 10.8. The Morgan fingerprint density at radius 3 is 2.30 bits per heavy atom. The number of fused-ring (bicyclic) bond motifs is 2. The first-order chi connectivity index (χ1) is 30.8. The minimum absolute atomic E-state index is 0.00676. The minimum Gasteiger partial charge on any atom is -0.381 e. The molecule has 1 aliphatic carbocycles. The summed E-state index contributed by atoms with van der Waals surface area (Å²) >= 11 is 7.57. The Hall–Kier alpha value is -5.76. The number of alkyl halides is 1. The highest BCUT2D eigenvalue weighted by molar-refractivity contribution is 7.71. The Balaban J connectivity index is 1.10. The summed E-state index contributed by atoms with van der Waals surface area (Å²) in [5.74, 6) is -0.417. The second kappa shape index (κ2) is 15.7. The number of carbonyl (C=O) groups excluding carboxylic acids is 1. The predicted molar refractivity (Wildman–Crippen MR) is 242 cm³/mol. The molecular formula is C47H49ClFN8O6P. The summed E-state index contributed by atoms with van der Waals surface area (Å²) in [5, 5.41) is 10.8. The highest BCUT2D eigenvalue weighted by Crippen LogP contribution is 2.56. The van der Waals surface area contributed by atoms with Gasteiger partial charge in [0.2, 0.25) is 0 Å². The molecule has 2 fully saturated rings. The van der Waals surface area contributed by atoms with E-state index in [1.54, 1.807) is 60.1 Å². The van der Waals surface area contributed by atoms with Crippen LogP contribution in [0, 0.1) is 25.6 Å². The van der Waals surface area contributed by atoms with Crippen molar-refractivity contribution in [1.82, 2.24) is 38.5 Å². The SMILES string of the molecule is CCP(=O)(CC)c1ccc(-n2ccn(-c3c4c(nn3-c3cc(C)c(F)c(C)c3)CCN(C(=O)c3cc5cc(C6CCOCC6)ccc5n3[C@@]3(c5noc(=O)[nH]5)C[C@@H]3C)[C@H]4Cl)c2=O)cc1. The molecule has 0 spiro atoms. The van der Waals surface area contributed by atoms with Gasteiger partial charge >= 0.3 is 11.4 Å². The number of imidazole rings is 1. The minimum atomic E-state index is -2.55. The summed E-state index contributed by atoms with van der Waals surface area (Å²) in [7, 11) is -2.55. The third-order valence-electron chi connectivity index (χ3n) is 13.9. The lowest BCUT2D eigenvalue weighted by Crippen LogP contribution is -2.40. The topological polar surface area (TPSA) is 155 Å². The van der Waals surface area contributed by atoms with Gasteiger partial charge in [-0.1, -0.05) is 43.6 Å². The molecule has 0 radical (unpaired) electrons. The van der Waals surface area contributed by atoms with Crippen LogP contribution in [0.25, 0.3) is 28.1 Å². The van der Waals surface area contributed by atoms with Crippen LogP contribution in [0.5, 0.6) is 0 Å². The maximum atomic E-state index is 15.4. The monoisotopic (exact) mass is 906 g/mol. The molecule has 1 saturated heterocycles. The average molecular weight is 907 g/mol. The summed E-state index contributed by atoms with van der Waals surface area (Å²) in [5.41, 5.74) is 2.89. The lowest BCUT2D eigenvalue weighted by atomic mass is 9.91. The first-order valence-electron chi connectivity index (χ1n) is 21.9. The Bertz CT molecular complexity index is 3120. The standard InChI is InChI=1S/C47H49ClFN8O6P/c1-6-64(61,7-2)35-11-9-33(10-12-35)53-18-19-55(46(53)60)42-39-36(51-57(42)34-22-27(3)40(49)28(4)23-34)14-17-54(41(39)48)43(58)38-25-32-24-31(30-15-20-62-21-16-30)8-13-37(32)56(38)47(26-29(47)5)44-50-45(59)63-52-44/h8-13,18-19,22-25,29-30,41H,6-7,14-17,20-21,26H2,1-5H3,(H,50,52,59)/t29-,41+,47-/m0/s1. The number of halogens is 2. The van der Waals surface area contributed by atoms with E-state index in [9.17, 15) is 14.2 Å². The first kappa shape index (κ1) is 42.2. The molecule has 332 valence electrons. The van der Waals surface area contributed by atoms with Crippen molar-refractivity contribution in [3.63, 3.8) is 0 Å². The number of aromatic nitrogens is 7. The highest BCUT2D eigenvalue weighted by atomic mass is 35.5. The van der Waals surface area contributed by atoms with Crippen LogP contribution in [0.3, 0.4) is 0 Å². The number of hydrogen-bond donors (Lipinski definition) is 1. The van der Waals surface area contributed by atoms with Crippen LogP contribution in [-0.4, -0.2) is 76.5 Å². The second-order valence-electron chi connectivity index (χ2n) is 17.5. The van der Waals surface area contributed by atoms with Gasteiger partial charge in [0, 0.05) is 67.1 Å². The number of nitrogens with zero attached hydrogens (tertiary/aromatic N) is 7. The molecule has 6 heterocycles. The molecule has 1 N–H and O–H groups in total. The van der Waals surface area contributed by atoms with Gasteiger partial charge in [-0.25, -0.2) is 18.7 Å². The zero-order valence-corrected chi connectivity index (χ0v) is 38.0. The molecule has 3 aliphatic rings. The van der Waals surface area contributed by atoms with Crippen molar-refractivity contribution in [2.24, 2.45) is 5.92 Å². The van der Waals surface area contributed by atoms with Crippen LogP contribution >= 0.6 is 18.7 Å². The molecular weight excluding hydrogens is 858 g/mol. The predicted octanol–water partition coefficient (Wildman–Crippen LogP) is 7.84. The van der Waals surface area contributed by atoms with E-state index in [2.05, 4.69) is 22.3 Å². The molecule has 10 rings (SSSR count). The number of rotatable bonds is 10. The van der Waals surface area contributed by atoms with Crippen molar-refractivity contribution >= 4 is 40.9 Å². The van der Waals surface area contributed by atoms with Crippen LogP contribution in [0.15, 0.2) is 87.2 Å². The van der Waals surface area contributed by atoms with Gasteiger partial charge < -0.3 is 18.8 Å². The van der Waals surface area contributed by atoms with Gasteiger partial charge in [-0.3, -0.25) is 23.4 Å². The first-order valence-corrected chi connectivity index (χ1v) is 24.4. The number of hydrogen-bond acceptors (Lipinski definition) is 8. The fraction of sp³-hybridized carbons (Fsp3) is 0.383. The quantitative estimate of drug-likeness (QED) is 0.0828. The molecule has 3 atom stereocenters. The summed E-state index contributed by atoms with van der Waals surface area (Å²) in [6, 6.07) is 18.8. The molecule has 0 unspecified atom stereocenters. The number of aromatic amines is 1. The number of carbonyl (C=O) groups is 1. The highest BCUT2D eigenvalue weighted by Gasteiger charge is 2.59. The molecule has 0 bridgehead atoms. The molecule has 3 aromatic carbocycles. The van der Waals surface area contributed by atoms with Crippen LogP contribution in [-0.2, 0) is 21.3 Å². The van der Waals surface area contributed by atoms with Crippen molar-refractivity contribution in [3.05, 3.63) is 139 Å². The van der Waals surface area contributed by atoms with E-state index in [4.69, 9.17) is 26.0 Å². The number of ether oxygens (including phenoxy) is 1. The fourth-order valence-corrected chi connectivity index (χ4v) is 12.4. The normalized spacial score (nSPS) is 20.3. The van der Waals surface area contributed by atoms with E-state index < -0.39 is 29.6 Å². The van der Waals surface area contributed by atoms with Gasteiger partial charge in [0.25, 0.3) is 5.91 Å². The molecule has 1 saturated carbocycles. The molecule has 7 aromatic rings. The van der Waals surface area contributed by atoms with Crippen LogP contribution in [0.1, 0.15) is 95.7 Å². The Kier molecular flexibility index (Phi) is 10.4. The molecule has 14 nitrogen and oxygen atoms in total. The van der Waals surface area contributed by atoms with Crippen molar-refractivity contribution in [2.45, 2.75) is 77.3 Å². The second-order valence-corrected chi connectivity index (χ2v) is 21.4. The molecule has 64 heavy (non-hydrogen) atoms. The van der Waals surface area contributed by atoms with E-state index in [1.807, 2.05) is 49.6 Å². The molecule has 4 aromatic heterocycles. The Labute approximate surface area is 372 Å². The van der Waals surface area contributed by atoms with Crippen LogP contribution in [0.2, 0.25) is 0 Å². The zero-order chi connectivity index (χ0) is 44.8. The molecule has 1 amide bonds. The van der Waals surface area contributed by atoms with Gasteiger partial charge in [0.1, 0.15) is 29.7 Å². The van der Waals surface area contributed by atoms with Gasteiger partial charge in [-0.15, -0.1) is 0 Å². The summed E-state index contributed by atoms with van der Waals surface area (Å²) in [4.78, 5) is 46.8. The van der Waals surface area contributed by atoms with E-state index in [1.165, 1.54) is 9.13 Å². The maximum Gasteiger partial charge on any atom is 0.438 e. The zero-order valence-electron chi connectivity index (χ0n) is 36.3. The van der Waals surface area contributed by atoms with Gasteiger partial charge in [-0.2, -0.15) is 5.10 Å². The van der Waals surface area contributed by atoms with Crippen LogP contribution < -0.4 is 16.8 Å². The van der Waals surface area contributed by atoms with Crippen molar-refractivity contribution in [3.8, 4) is 17.2 Å². The lowest BCUT2D eigenvalue weighted by Gasteiger charge is -2.33. The van der Waals surface area contributed by atoms with Crippen molar-refractivity contribution in [2.75, 3.05) is 32.1 Å². The lowest BCUT2D eigenvalue weighted by molar-refractivity contribution is 0.0709. The smallest absolute Gasteiger partial charge is 0.381 e. The van der Waals surface area contributed by atoms with Crippen molar-refractivity contribution < 1.29 is 23.0 Å². The van der Waals surface area contributed by atoms with E-state index in [0.29, 0.717) is 95.4 Å². The van der Waals surface area contributed by atoms with Gasteiger partial charge in [0.15, 0.2) is 11.6 Å². The third-order valence-corrected chi connectivity index (χ3v) is 17.6. The maximum absolute atomic E-state index is 15.4. The van der Waals surface area contributed by atoms with Crippen LogP contribution in [0.4, 0.5) is 4.39 Å². The fourth-order valence-electron chi connectivity index (χ4n) is 10.1. The number of benzene rings is 3. The largest absolute Gasteiger partial charge is 0.438 e. The van der Waals surface area contributed by atoms with E-state index in [0.717, 1.165) is 34.6 Å². The number of aryl methyl sites for hydroxylation is 2. The van der Waals surface area contributed by atoms with E-state index in [-0.39, 0.29) is 24.2 Å². The average Bonchev–Trinajstić information content (AvgIpc) is 3.80. The molecule has 17 heteroatoms. The Morgan fingerprint density at radius 1 is 0.969 bits per heavy atom. The van der Waals surface area contributed by atoms with Gasteiger partial charge in [-0.05, 0) is 116 Å². The number of nitrogens with one attached hydrogen (secondary N) is 1. The summed E-state index contributed by atoms with van der Waals surface area (Å²) < 4.78 is 45.8. The van der Waals surface area contributed by atoms with Crippen molar-refractivity contribution in [1.29, 1.82) is 0 Å². The van der Waals surface area contributed by atoms with Gasteiger partial charge in [0.05, 0.1) is 22.6 Å². The number of H-pyrrole nitrogens is 1. The summed E-state index contributed by atoms with van der Waals surface area (Å²) in [6.07, 6.45) is 7.06. The Morgan fingerprint density at radius 2 is 1.66 bits per heavy atom. The third kappa shape index (κ3) is 6.60.